The zero-order chi connectivity index (χ0) is 25.2. The van der Waals surface area contributed by atoms with Crippen LogP contribution in [0.2, 0.25) is 0 Å². The van der Waals surface area contributed by atoms with Gasteiger partial charge in [0.25, 0.3) is 0 Å². The van der Waals surface area contributed by atoms with Gasteiger partial charge in [0.05, 0.1) is 12.8 Å². The number of ether oxygens (including phenoxy) is 4. The van der Waals surface area contributed by atoms with Gasteiger partial charge in [0.2, 0.25) is 11.9 Å². The molecule has 4 rings (SSSR count). The molecule has 4 aromatic rings. The second-order valence-corrected chi connectivity index (χ2v) is 7.45. The predicted molar refractivity (Wildman–Crippen MR) is 133 cm³/mol. The first kappa shape index (κ1) is 24.3. The van der Waals surface area contributed by atoms with Crippen LogP contribution in [0.1, 0.15) is 11.4 Å². The normalized spacial score (nSPS) is 10.4. The van der Waals surface area contributed by atoms with E-state index in [-0.39, 0.29) is 30.9 Å². The average Bonchev–Trinajstić information content (AvgIpc) is 2.91. The maximum Gasteiger partial charge on any atom is 0.344 e. The van der Waals surface area contributed by atoms with E-state index in [1.165, 1.54) is 0 Å². The fourth-order valence-corrected chi connectivity index (χ4v) is 3.13. The topological polar surface area (TPSA) is 131 Å². The Bertz CT molecular complexity index is 1290. The predicted octanol–water partition coefficient (Wildman–Crippen LogP) is 3.91. The molecule has 10 heteroatoms. The number of hydrogen-bond acceptors (Lipinski definition) is 10. The molecule has 0 unspecified atom stereocenters. The second kappa shape index (κ2) is 12.0. The molecule has 184 valence electrons. The van der Waals surface area contributed by atoms with Crippen molar-refractivity contribution in [1.82, 2.24) is 15.0 Å². The SMILES string of the molecule is COc1ccccc1Nc1nc(N)nc(COC(=O)COc2ccc(OCc3ccccc3)cc2)n1. The summed E-state index contributed by atoms with van der Waals surface area (Å²) < 4.78 is 21.8. The quantitative estimate of drug-likeness (QED) is 0.300. The third kappa shape index (κ3) is 7.07. The van der Waals surface area contributed by atoms with Gasteiger partial charge in [-0.05, 0) is 42.0 Å². The Morgan fingerprint density at radius 2 is 1.53 bits per heavy atom. The zero-order valence-electron chi connectivity index (χ0n) is 19.6. The number of esters is 1. The number of para-hydroxylation sites is 2. The van der Waals surface area contributed by atoms with E-state index in [1.807, 2.05) is 42.5 Å². The zero-order valence-corrected chi connectivity index (χ0v) is 19.6. The highest BCUT2D eigenvalue weighted by molar-refractivity contribution is 5.71. The van der Waals surface area contributed by atoms with Crippen molar-refractivity contribution >= 4 is 23.6 Å². The van der Waals surface area contributed by atoms with Gasteiger partial charge in [-0.25, -0.2) is 4.79 Å². The maximum absolute atomic E-state index is 12.2. The minimum atomic E-state index is -0.586. The first-order valence-corrected chi connectivity index (χ1v) is 11.0. The Hall–Kier alpha value is -4.86. The number of nitrogens with two attached hydrogens (primary N) is 1. The molecule has 0 aliphatic carbocycles. The Kier molecular flexibility index (Phi) is 8.10. The summed E-state index contributed by atoms with van der Waals surface area (Å²) in [7, 11) is 1.56. The molecule has 10 nitrogen and oxygen atoms in total. The molecule has 0 saturated carbocycles. The summed E-state index contributed by atoms with van der Waals surface area (Å²) in [4.78, 5) is 24.5. The van der Waals surface area contributed by atoms with Crippen LogP contribution in [0.3, 0.4) is 0 Å². The summed E-state index contributed by atoms with van der Waals surface area (Å²) in [5.74, 6) is 1.59. The molecule has 0 bridgehead atoms. The fourth-order valence-electron chi connectivity index (χ4n) is 3.13. The van der Waals surface area contributed by atoms with E-state index >= 15 is 0 Å². The van der Waals surface area contributed by atoms with Crippen molar-refractivity contribution in [3.63, 3.8) is 0 Å². The lowest BCUT2D eigenvalue weighted by Crippen LogP contribution is -2.16. The number of rotatable bonds is 11. The highest BCUT2D eigenvalue weighted by Gasteiger charge is 2.11. The Morgan fingerprint density at radius 3 is 2.28 bits per heavy atom. The molecule has 0 aliphatic rings. The van der Waals surface area contributed by atoms with Gasteiger partial charge in [-0.15, -0.1) is 0 Å². The lowest BCUT2D eigenvalue weighted by Gasteiger charge is -2.11. The van der Waals surface area contributed by atoms with Crippen LogP contribution in [0.4, 0.5) is 17.6 Å². The van der Waals surface area contributed by atoms with Crippen LogP contribution in [-0.2, 0) is 22.7 Å². The van der Waals surface area contributed by atoms with Crippen molar-refractivity contribution in [1.29, 1.82) is 0 Å². The highest BCUT2D eigenvalue weighted by Crippen LogP contribution is 2.25. The lowest BCUT2D eigenvalue weighted by atomic mass is 10.2. The summed E-state index contributed by atoms with van der Waals surface area (Å²) >= 11 is 0. The molecule has 0 saturated heterocycles. The van der Waals surface area contributed by atoms with Crippen molar-refractivity contribution < 1.29 is 23.7 Å². The van der Waals surface area contributed by atoms with E-state index in [2.05, 4.69) is 20.3 Å². The van der Waals surface area contributed by atoms with E-state index in [9.17, 15) is 4.79 Å². The van der Waals surface area contributed by atoms with E-state index < -0.39 is 5.97 Å². The minimum absolute atomic E-state index is 0.0146. The summed E-state index contributed by atoms with van der Waals surface area (Å²) in [6, 6.07) is 24.1. The van der Waals surface area contributed by atoms with Gasteiger partial charge in [0, 0.05) is 0 Å². The van der Waals surface area contributed by atoms with Crippen molar-refractivity contribution in [2.75, 3.05) is 24.8 Å². The molecule has 3 N–H and O–H groups in total. The van der Waals surface area contributed by atoms with Gasteiger partial charge in [0.15, 0.2) is 19.0 Å². The van der Waals surface area contributed by atoms with Crippen molar-refractivity contribution in [3.05, 3.63) is 90.3 Å². The summed E-state index contributed by atoms with van der Waals surface area (Å²) in [6.07, 6.45) is 0. The van der Waals surface area contributed by atoms with Gasteiger partial charge in [0.1, 0.15) is 23.9 Å². The second-order valence-electron chi connectivity index (χ2n) is 7.45. The molecule has 1 heterocycles. The molecular weight excluding hydrogens is 462 g/mol. The number of hydrogen-bond donors (Lipinski definition) is 2. The molecule has 3 aromatic carbocycles. The summed E-state index contributed by atoms with van der Waals surface area (Å²) in [5.41, 5.74) is 7.51. The number of anilines is 3. The van der Waals surface area contributed by atoms with E-state index in [0.717, 1.165) is 5.56 Å². The first-order chi connectivity index (χ1) is 17.6. The van der Waals surface area contributed by atoms with Gasteiger partial charge >= 0.3 is 5.97 Å². The van der Waals surface area contributed by atoms with Crippen LogP contribution in [0.5, 0.6) is 17.2 Å². The molecule has 0 spiro atoms. The molecule has 0 amide bonds. The Morgan fingerprint density at radius 1 is 0.833 bits per heavy atom. The van der Waals surface area contributed by atoms with Gasteiger partial charge in [-0.2, -0.15) is 15.0 Å². The Labute approximate surface area is 208 Å². The number of carbonyl (C=O) groups excluding carboxylic acids is 1. The van der Waals surface area contributed by atoms with Gasteiger partial charge in [-0.1, -0.05) is 42.5 Å². The van der Waals surface area contributed by atoms with Crippen LogP contribution < -0.4 is 25.3 Å². The van der Waals surface area contributed by atoms with Crippen LogP contribution >= 0.6 is 0 Å². The summed E-state index contributed by atoms with van der Waals surface area (Å²) in [5, 5.41) is 3.02. The van der Waals surface area contributed by atoms with Crippen LogP contribution in [0, 0.1) is 0 Å². The van der Waals surface area contributed by atoms with E-state index in [4.69, 9.17) is 24.7 Å². The van der Waals surface area contributed by atoms with Crippen LogP contribution in [0.15, 0.2) is 78.9 Å². The molecule has 0 atom stereocenters. The molecule has 0 fully saturated rings. The van der Waals surface area contributed by atoms with Crippen LogP contribution in [-0.4, -0.2) is 34.6 Å². The molecule has 1 aromatic heterocycles. The van der Waals surface area contributed by atoms with E-state index in [0.29, 0.717) is 29.5 Å². The lowest BCUT2D eigenvalue weighted by molar-refractivity contribution is -0.147. The number of aromatic nitrogens is 3. The van der Waals surface area contributed by atoms with Crippen LogP contribution in [0.25, 0.3) is 0 Å². The molecule has 36 heavy (non-hydrogen) atoms. The minimum Gasteiger partial charge on any atom is -0.495 e. The number of nitrogens with one attached hydrogen (secondary N) is 1. The van der Waals surface area contributed by atoms with Gasteiger partial charge in [-0.3, -0.25) is 0 Å². The monoisotopic (exact) mass is 487 g/mol. The van der Waals surface area contributed by atoms with E-state index in [1.54, 1.807) is 43.5 Å². The fraction of sp³-hybridized carbons (Fsp3) is 0.154. The highest BCUT2D eigenvalue weighted by atomic mass is 16.6. The maximum atomic E-state index is 12.2. The number of benzene rings is 3. The molecular formula is C26H25N5O5. The molecule has 0 radical (unpaired) electrons. The van der Waals surface area contributed by atoms with Crippen molar-refractivity contribution in [2.45, 2.75) is 13.2 Å². The average molecular weight is 488 g/mol. The first-order valence-electron chi connectivity index (χ1n) is 11.0. The smallest absolute Gasteiger partial charge is 0.344 e. The van der Waals surface area contributed by atoms with Crippen molar-refractivity contribution in [2.24, 2.45) is 0 Å². The number of methoxy groups -OCH3 is 1. The van der Waals surface area contributed by atoms with Crippen molar-refractivity contribution in [3.8, 4) is 17.2 Å². The standard InChI is InChI=1S/C26H25N5O5/c1-33-22-10-6-5-9-21(22)28-26-30-23(29-25(27)31-26)16-36-24(32)17-35-20-13-11-19(12-14-20)34-15-18-7-3-2-4-8-18/h2-14H,15-17H2,1H3,(H3,27,28,29,30,31). The number of nitrogens with zero attached hydrogens (tertiary/aromatic N) is 3. The number of carbonyl (C=O) groups is 1. The third-order valence-corrected chi connectivity index (χ3v) is 4.84. The molecule has 0 aliphatic heterocycles. The van der Waals surface area contributed by atoms with Gasteiger partial charge < -0.3 is 30.0 Å². The third-order valence-electron chi connectivity index (χ3n) is 4.84. The summed E-state index contributed by atoms with van der Waals surface area (Å²) in [6.45, 7) is -0.00994. The largest absolute Gasteiger partial charge is 0.495 e. The Balaban J connectivity index is 1.25. The number of nitrogen functional groups attached to an aromatic ring is 1.